The molecule has 1 aromatic carbocycles. The van der Waals surface area contributed by atoms with Gasteiger partial charge in [0.1, 0.15) is 6.33 Å². The van der Waals surface area contributed by atoms with Crippen molar-refractivity contribution < 1.29 is 9.53 Å². The summed E-state index contributed by atoms with van der Waals surface area (Å²) >= 11 is 1.41. The fraction of sp³-hybridized carbons (Fsp3) is 0.409. The second-order valence-corrected chi connectivity index (χ2v) is 8.39. The highest BCUT2D eigenvalue weighted by molar-refractivity contribution is 7.99. The van der Waals surface area contributed by atoms with Crippen LogP contribution >= 0.6 is 11.8 Å². The van der Waals surface area contributed by atoms with Crippen molar-refractivity contribution in [2.45, 2.75) is 45.8 Å². The van der Waals surface area contributed by atoms with E-state index in [2.05, 4.69) is 53.7 Å². The van der Waals surface area contributed by atoms with Gasteiger partial charge in [0, 0.05) is 24.1 Å². The first-order valence-electron chi connectivity index (χ1n) is 9.64. The number of hydrogen-bond donors (Lipinski definition) is 0. The molecule has 3 aromatic rings. The highest BCUT2D eigenvalue weighted by Crippen LogP contribution is 2.26. The Balaban J connectivity index is 1.78. The van der Waals surface area contributed by atoms with E-state index in [0.29, 0.717) is 17.5 Å². The maximum atomic E-state index is 12.9. The molecule has 29 heavy (non-hydrogen) atoms. The van der Waals surface area contributed by atoms with Gasteiger partial charge in [-0.1, -0.05) is 29.5 Å². The maximum absolute atomic E-state index is 12.9. The second kappa shape index (κ2) is 8.97. The normalized spacial score (nSPS) is 12.3. The van der Waals surface area contributed by atoms with Gasteiger partial charge in [0.2, 0.25) is 0 Å². The first-order chi connectivity index (χ1) is 13.8. The summed E-state index contributed by atoms with van der Waals surface area (Å²) in [5.74, 6) is 0.404. The van der Waals surface area contributed by atoms with Crippen molar-refractivity contribution >= 4 is 17.5 Å². The number of rotatable bonds is 8. The molecule has 0 aliphatic carbocycles. The molecule has 2 heterocycles. The quantitative estimate of drug-likeness (QED) is 0.403. The number of carbonyl (C=O) groups is 1. The topological polar surface area (TPSA) is 61.9 Å². The van der Waals surface area contributed by atoms with E-state index < -0.39 is 0 Å². The second-order valence-electron chi connectivity index (χ2n) is 7.44. The molecular formula is C22H28N4O2S. The fourth-order valence-electron chi connectivity index (χ4n) is 3.82. The maximum Gasteiger partial charge on any atom is 0.196 e. The zero-order chi connectivity index (χ0) is 21.1. The highest BCUT2D eigenvalue weighted by Gasteiger charge is 2.20. The Morgan fingerprint density at radius 3 is 2.66 bits per heavy atom. The van der Waals surface area contributed by atoms with Crippen LogP contribution in [0.4, 0.5) is 0 Å². The van der Waals surface area contributed by atoms with Crippen LogP contribution in [0.25, 0.3) is 5.69 Å². The van der Waals surface area contributed by atoms with Crippen LogP contribution in [-0.2, 0) is 4.74 Å². The molecule has 0 N–H and O–H groups in total. The summed E-state index contributed by atoms with van der Waals surface area (Å²) < 4.78 is 9.39. The summed E-state index contributed by atoms with van der Waals surface area (Å²) in [7, 11) is 1.69. The van der Waals surface area contributed by atoms with Crippen LogP contribution in [0.1, 0.15) is 45.8 Å². The van der Waals surface area contributed by atoms with Crippen molar-refractivity contribution in [2.24, 2.45) is 0 Å². The first-order valence-corrected chi connectivity index (χ1v) is 10.6. The molecule has 1 unspecified atom stereocenters. The average molecular weight is 413 g/mol. The molecule has 7 heteroatoms. The summed E-state index contributed by atoms with van der Waals surface area (Å²) in [4.78, 5) is 12.9. The van der Waals surface area contributed by atoms with E-state index in [1.54, 1.807) is 13.4 Å². The minimum atomic E-state index is 0.0918. The molecular weight excluding hydrogens is 384 g/mol. The van der Waals surface area contributed by atoms with Crippen LogP contribution in [0.3, 0.4) is 0 Å². The number of hydrogen-bond acceptors (Lipinski definition) is 5. The van der Waals surface area contributed by atoms with E-state index in [1.165, 1.54) is 17.3 Å². The molecule has 0 spiro atoms. The number of nitrogens with zero attached hydrogens (tertiary/aromatic N) is 4. The molecule has 1 atom stereocenters. The van der Waals surface area contributed by atoms with Gasteiger partial charge in [-0.15, -0.1) is 10.2 Å². The highest BCUT2D eigenvalue weighted by atomic mass is 32.2. The Labute approximate surface area is 176 Å². The van der Waals surface area contributed by atoms with Gasteiger partial charge in [-0.25, -0.2) is 0 Å². The van der Waals surface area contributed by atoms with Crippen molar-refractivity contribution in [3.05, 3.63) is 58.7 Å². The lowest BCUT2D eigenvalue weighted by Gasteiger charge is -2.17. The standard InChI is InChI=1S/C22H28N4O2S/c1-14-7-8-20(15(2)9-14)25-13-23-24-22(25)29-12-21(27)19-10-16(3)26(18(19)5)17(4)11-28-6/h7-10,13,17H,11-12H2,1-6H3. The van der Waals surface area contributed by atoms with Crippen molar-refractivity contribution in [3.63, 3.8) is 0 Å². The molecule has 154 valence electrons. The molecule has 0 aliphatic heterocycles. The molecule has 3 rings (SSSR count). The molecule has 0 radical (unpaired) electrons. The fourth-order valence-corrected chi connectivity index (χ4v) is 4.63. The van der Waals surface area contributed by atoms with Crippen LogP contribution in [0.2, 0.25) is 0 Å². The van der Waals surface area contributed by atoms with E-state index in [4.69, 9.17) is 4.74 Å². The predicted molar refractivity (Wildman–Crippen MR) is 116 cm³/mol. The SMILES string of the molecule is COCC(C)n1c(C)cc(C(=O)CSc2nncn2-c2ccc(C)cc2C)c1C. The zero-order valence-electron chi connectivity index (χ0n) is 17.9. The number of methoxy groups -OCH3 is 1. The monoisotopic (exact) mass is 412 g/mol. The number of ketones is 1. The van der Waals surface area contributed by atoms with E-state index >= 15 is 0 Å². The summed E-state index contributed by atoms with van der Waals surface area (Å²) in [5, 5.41) is 8.99. The van der Waals surface area contributed by atoms with Crippen LogP contribution in [0, 0.1) is 27.7 Å². The van der Waals surface area contributed by atoms with Gasteiger partial charge >= 0.3 is 0 Å². The van der Waals surface area contributed by atoms with E-state index in [0.717, 1.165) is 28.2 Å². The van der Waals surface area contributed by atoms with Crippen LogP contribution in [0.5, 0.6) is 0 Å². The average Bonchev–Trinajstić information content (AvgIpc) is 3.24. The van der Waals surface area contributed by atoms with Crippen molar-refractivity contribution in [1.29, 1.82) is 0 Å². The number of benzene rings is 1. The van der Waals surface area contributed by atoms with E-state index in [9.17, 15) is 4.79 Å². The largest absolute Gasteiger partial charge is 0.383 e. The molecule has 0 aliphatic rings. The molecule has 2 aromatic heterocycles. The van der Waals surface area contributed by atoms with Gasteiger partial charge < -0.3 is 9.30 Å². The Morgan fingerprint density at radius 1 is 1.21 bits per heavy atom. The van der Waals surface area contributed by atoms with Gasteiger partial charge in [0.25, 0.3) is 0 Å². The van der Waals surface area contributed by atoms with Crippen LogP contribution in [-0.4, -0.2) is 44.6 Å². The molecule has 0 amide bonds. The number of Topliss-reactive ketones (excluding diaryl/α,β-unsaturated/α-hetero) is 1. The molecule has 6 nitrogen and oxygen atoms in total. The predicted octanol–water partition coefficient (Wildman–Crippen LogP) is 4.48. The number of thioether (sulfide) groups is 1. The number of aromatic nitrogens is 4. The van der Waals surface area contributed by atoms with Crippen LogP contribution < -0.4 is 0 Å². The molecule has 0 fully saturated rings. The third kappa shape index (κ3) is 4.46. The third-order valence-corrected chi connectivity index (χ3v) is 6.04. The smallest absolute Gasteiger partial charge is 0.196 e. The lowest BCUT2D eigenvalue weighted by atomic mass is 10.1. The van der Waals surface area contributed by atoms with Gasteiger partial charge in [-0.05, 0) is 52.3 Å². The van der Waals surface area contributed by atoms with Crippen LogP contribution in [0.15, 0.2) is 35.7 Å². The molecule has 0 saturated carbocycles. The Bertz CT molecular complexity index is 1020. The van der Waals surface area contributed by atoms with Crippen molar-refractivity contribution in [2.75, 3.05) is 19.5 Å². The number of aryl methyl sites for hydroxylation is 3. The lowest BCUT2D eigenvalue weighted by Crippen LogP contribution is -2.14. The number of ether oxygens (including phenoxy) is 1. The van der Waals surface area contributed by atoms with E-state index in [1.807, 2.05) is 24.5 Å². The molecule has 0 saturated heterocycles. The number of carbonyl (C=O) groups excluding carboxylic acids is 1. The Kier molecular flexibility index (Phi) is 6.59. The summed E-state index contributed by atoms with van der Waals surface area (Å²) in [6.07, 6.45) is 1.70. The van der Waals surface area contributed by atoms with E-state index in [-0.39, 0.29) is 11.8 Å². The van der Waals surface area contributed by atoms with Crippen molar-refractivity contribution in [3.8, 4) is 5.69 Å². The lowest BCUT2D eigenvalue weighted by molar-refractivity contribution is 0.102. The van der Waals surface area contributed by atoms with Gasteiger partial charge in [0.05, 0.1) is 24.1 Å². The third-order valence-electron chi connectivity index (χ3n) is 5.09. The molecule has 0 bridgehead atoms. The summed E-state index contributed by atoms with van der Waals surface area (Å²) in [6.45, 7) is 10.9. The van der Waals surface area contributed by atoms with Crippen molar-refractivity contribution in [1.82, 2.24) is 19.3 Å². The summed E-state index contributed by atoms with van der Waals surface area (Å²) in [6, 6.07) is 8.41. The first kappa shape index (κ1) is 21.3. The van der Waals surface area contributed by atoms with Gasteiger partial charge in [0.15, 0.2) is 10.9 Å². The van der Waals surface area contributed by atoms with Gasteiger partial charge in [-0.2, -0.15) is 0 Å². The summed E-state index contributed by atoms with van der Waals surface area (Å²) in [5.41, 5.74) is 6.19. The Morgan fingerprint density at radius 2 is 1.97 bits per heavy atom. The zero-order valence-corrected chi connectivity index (χ0v) is 18.7. The minimum absolute atomic E-state index is 0.0918. The van der Waals surface area contributed by atoms with Gasteiger partial charge in [-0.3, -0.25) is 9.36 Å². The Hall–Kier alpha value is -2.38. The minimum Gasteiger partial charge on any atom is -0.383 e.